The first-order valence-corrected chi connectivity index (χ1v) is 9.98. The number of hydrogen-bond acceptors (Lipinski definition) is 5. The number of rotatable bonds is 7. The molecule has 0 fully saturated rings. The fourth-order valence-electron chi connectivity index (χ4n) is 3.49. The number of nitrogens with zero attached hydrogens (tertiary/aromatic N) is 4. The van der Waals surface area contributed by atoms with Gasteiger partial charge in [-0.3, -0.25) is 24.2 Å². The minimum atomic E-state index is -0.412. The molecule has 0 saturated carbocycles. The second-order valence-electron chi connectivity index (χ2n) is 7.64. The summed E-state index contributed by atoms with van der Waals surface area (Å²) in [5.41, 5.74) is 3.29. The minimum Gasteiger partial charge on any atom is -0.348 e. The first-order valence-electron chi connectivity index (χ1n) is 9.98. The number of carbonyl (C=O) groups is 1. The molecule has 3 aromatic heterocycles. The number of fused-ring (bicyclic) bond motifs is 1. The van der Waals surface area contributed by atoms with Crippen molar-refractivity contribution in [2.75, 3.05) is 7.05 Å². The van der Waals surface area contributed by atoms with Crippen LogP contribution < -0.4 is 10.9 Å². The second kappa shape index (κ2) is 8.93. The summed E-state index contributed by atoms with van der Waals surface area (Å²) < 4.78 is 1.76. The molecule has 8 nitrogen and oxygen atoms in total. The Morgan fingerprint density at radius 1 is 1.13 bits per heavy atom. The van der Waals surface area contributed by atoms with Gasteiger partial charge < -0.3 is 10.3 Å². The number of benzene rings is 1. The Kier molecular flexibility index (Phi) is 5.90. The number of H-pyrrole nitrogens is 1. The van der Waals surface area contributed by atoms with Gasteiger partial charge in [-0.1, -0.05) is 18.2 Å². The van der Waals surface area contributed by atoms with Crippen molar-refractivity contribution in [3.63, 3.8) is 0 Å². The Bertz CT molecular complexity index is 1280. The third-order valence-corrected chi connectivity index (χ3v) is 4.97. The van der Waals surface area contributed by atoms with Gasteiger partial charge in [0.05, 0.1) is 11.7 Å². The van der Waals surface area contributed by atoms with E-state index in [0.717, 1.165) is 27.7 Å². The van der Waals surface area contributed by atoms with Crippen molar-refractivity contribution in [3.8, 4) is 0 Å². The number of amides is 1. The molecular weight excluding hydrogens is 392 g/mol. The monoisotopic (exact) mass is 416 g/mol. The van der Waals surface area contributed by atoms with E-state index in [0.29, 0.717) is 19.6 Å². The van der Waals surface area contributed by atoms with Crippen LogP contribution in [0.25, 0.3) is 10.9 Å². The number of aromatic nitrogens is 4. The summed E-state index contributed by atoms with van der Waals surface area (Å²) in [5.74, 6) is -0.412. The van der Waals surface area contributed by atoms with Gasteiger partial charge in [0.15, 0.2) is 0 Å². The van der Waals surface area contributed by atoms with Gasteiger partial charge in [0.25, 0.3) is 11.5 Å². The maximum atomic E-state index is 12.5. The van der Waals surface area contributed by atoms with E-state index in [4.69, 9.17) is 0 Å². The van der Waals surface area contributed by atoms with Gasteiger partial charge in [-0.2, -0.15) is 5.10 Å². The molecule has 0 bridgehead atoms. The van der Waals surface area contributed by atoms with Crippen LogP contribution in [0.15, 0.2) is 65.8 Å². The number of hydrogen-bond donors (Lipinski definition) is 2. The Morgan fingerprint density at radius 3 is 2.74 bits per heavy atom. The SMILES string of the molecule is CN(Cc1cnn(C)c1)Cc1ccc(C(=O)NCc2cnc3ccccc3c2)c(=O)[nH]1. The van der Waals surface area contributed by atoms with Crippen LogP contribution in [-0.2, 0) is 26.7 Å². The van der Waals surface area contributed by atoms with Crippen molar-refractivity contribution in [1.29, 1.82) is 0 Å². The van der Waals surface area contributed by atoms with Gasteiger partial charge in [0.2, 0.25) is 0 Å². The third kappa shape index (κ3) is 5.04. The summed E-state index contributed by atoms with van der Waals surface area (Å²) in [7, 11) is 3.84. The number of aryl methyl sites for hydroxylation is 1. The van der Waals surface area contributed by atoms with E-state index in [1.54, 1.807) is 23.0 Å². The average molecular weight is 416 g/mol. The molecule has 0 aliphatic heterocycles. The lowest BCUT2D eigenvalue weighted by molar-refractivity contribution is 0.0949. The van der Waals surface area contributed by atoms with E-state index in [1.807, 2.05) is 56.8 Å². The van der Waals surface area contributed by atoms with Gasteiger partial charge in [-0.15, -0.1) is 0 Å². The summed E-state index contributed by atoms with van der Waals surface area (Å²) in [6.45, 7) is 1.55. The van der Waals surface area contributed by atoms with Crippen LogP contribution in [0.3, 0.4) is 0 Å². The molecule has 0 unspecified atom stereocenters. The maximum absolute atomic E-state index is 12.5. The van der Waals surface area contributed by atoms with E-state index in [1.165, 1.54) is 0 Å². The highest BCUT2D eigenvalue weighted by Crippen LogP contribution is 2.12. The van der Waals surface area contributed by atoms with E-state index in [2.05, 4.69) is 25.3 Å². The molecule has 0 spiro atoms. The quantitative estimate of drug-likeness (QED) is 0.482. The van der Waals surface area contributed by atoms with Crippen molar-refractivity contribution >= 4 is 16.8 Å². The van der Waals surface area contributed by atoms with Crippen molar-refractivity contribution in [3.05, 3.63) is 93.8 Å². The molecule has 3 heterocycles. The molecule has 8 heteroatoms. The highest BCUT2D eigenvalue weighted by molar-refractivity contribution is 5.93. The molecule has 2 N–H and O–H groups in total. The number of para-hydroxylation sites is 1. The van der Waals surface area contributed by atoms with Crippen LogP contribution in [0.1, 0.15) is 27.2 Å². The Morgan fingerprint density at radius 2 is 1.97 bits per heavy atom. The third-order valence-electron chi connectivity index (χ3n) is 4.97. The summed E-state index contributed by atoms with van der Waals surface area (Å²) in [6, 6.07) is 13.1. The molecule has 1 aromatic carbocycles. The van der Waals surface area contributed by atoms with Crippen molar-refractivity contribution in [2.45, 2.75) is 19.6 Å². The highest BCUT2D eigenvalue weighted by Gasteiger charge is 2.12. The van der Waals surface area contributed by atoms with Crippen LogP contribution in [-0.4, -0.2) is 37.6 Å². The predicted molar refractivity (Wildman–Crippen MR) is 118 cm³/mol. The van der Waals surface area contributed by atoms with Gasteiger partial charge in [-0.05, 0) is 36.9 Å². The van der Waals surface area contributed by atoms with Crippen LogP contribution in [0, 0.1) is 0 Å². The Labute approximate surface area is 179 Å². The van der Waals surface area contributed by atoms with E-state index in [9.17, 15) is 9.59 Å². The summed E-state index contributed by atoms with van der Waals surface area (Å²) in [6.07, 6.45) is 5.50. The van der Waals surface area contributed by atoms with Crippen LogP contribution >= 0.6 is 0 Å². The molecule has 4 rings (SSSR count). The van der Waals surface area contributed by atoms with E-state index >= 15 is 0 Å². The standard InChI is InChI=1S/C23H24N6O2/c1-28(13-17-12-26-29(2)14-17)15-19-7-8-20(23(31)27-19)22(30)25-11-16-9-18-5-3-4-6-21(18)24-10-16/h3-10,12,14H,11,13,15H2,1-2H3,(H,25,30)(H,27,31). The second-order valence-corrected chi connectivity index (χ2v) is 7.64. The van der Waals surface area contributed by atoms with Crippen LogP contribution in [0.4, 0.5) is 0 Å². The smallest absolute Gasteiger partial charge is 0.261 e. The lowest BCUT2D eigenvalue weighted by Crippen LogP contribution is -2.30. The molecular formula is C23H24N6O2. The normalized spacial score (nSPS) is 11.2. The first-order chi connectivity index (χ1) is 15.0. The summed E-state index contributed by atoms with van der Waals surface area (Å²) in [4.78, 5) is 34.2. The van der Waals surface area contributed by atoms with Gasteiger partial charge in [0.1, 0.15) is 5.56 Å². The molecule has 31 heavy (non-hydrogen) atoms. The molecule has 1 amide bonds. The molecule has 4 aromatic rings. The molecule has 158 valence electrons. The molecule has 0 aliphatic rings. The molecule has 0 atom stereocenters. The maximum Gasteiger partial charge on any atom is 0.261 e. The van der Waals surface area contributed by atoms with Crippen molar-refractivity contribution < 1.29 is 4.79 Å². The first kappa shape index (κ1) is 20.5. The van der Waals surface area contributed by atoms with E-state index in [-0.39, 0.29) is 5.56 Å². The Balaban J connectivity index is 1.37. The number of carbonyl (C=O) groups excluding carboxylic acids is 1. The Hall–Kier alpha value is -3.78. The zero-order valence-corrected chi connectivity index (χ0v) is 17.5. The molecule has 0 saturated heterocycles. The molecule has 0 radical (unpaired) electrons. The van der Waals surface area contributed by atoms with Gasteiger partial charge in [0, 0.05) is 55.7 Å². The fourth-order valence-corrected chi connectivity index (χ4v) is 3.49. The highest BCUT2D eigenvalue weighted by atomic mass is 16.2. The van der Waals surface area contributed by atoms with E-state index < -0.39 is 11.5 Å². The lowest BCUT2D eigenvalue weighted by Gasteiger charge is -2.15. The number of aromatic amines is 1. The van der Waals surface area contributed by atoms with Crippen molar-refractivity contribution in [1.82, 2.24) is 30.0 Å². The summed E-state index contributed by atoms with van der Waals surface area (Å²) in [5, 5.41) is 7.96. The minimum absolute atomic E-state index is 0.0902. The predicted octanol–water partition coefficient (Wildman–Crippen LogP) is 2.22. The zero-order chi connectivity index (χ0) is 21.8. The number of nitrogens with one attached hydrogen (secondary N) is 2. The largest absolute Gasteiger partial charge is 0.348 e. The fraction of sp³-hybridized carbons (Fsp3) is 0.217. The van der Waals surface area contributed by atoms with Crippen LogP contribution in [0.5, 0.6) is 0 Å². The van der Waals surface area contributed by atoms with Gasteiger partial charge in [-0.25, -0.2) is 0 Å². The van der Waals surface area contributed by atoms with Crippen molar-refractivity contribution in [2.24, 2.45) is 7.05 Å². The number of pyridine rings is 2. The molecule has 0 aliphatic carbocycles. The van der Waals surface area contributed by atoms with Crippen LogP contribution in [0.2, 0.25) is 0 Å². The topological polar surface area (TPSA) is 95.9 Å². The zero-order valence-electron chi connectivity index (χ0n) is 17.5. The summed E-state index contributed by atoms with van der Waals surface area (Å²) >= 11 is 0. The average Bonchev–Trinajstić information content (AvgIpc) is 3.16. The van der Waals surface area contributed by atoms with Gasteiger partial charge >= 0.3 is 0 Å². The lowest BCUT2D eigenvalue weighted by atomic mass is 10.1.